The summed E-state index contributed by atoms with van der Waals surface area (Å²) in [7, 11) is 3.36. The molecule has 0 radical (unpaired) electrons. The fourth-order valence-corrected chi connectivity index (χ4v) is 4.01. The molecule has 1 fully saturated rings. The van der Waals surface area contributed by atoms with Crippen molar-refractivity contribution in [2.24, 2.45) is 0 Å². The first-order valence-corrected chi connectivity index (χ1v) is 9.99. The van der Waals surface area contributed by atoms with Gasteiger partial charge in [-0.05, 0) is 55.8 Å². The van der Waals surface area contributed by atoms with Gasteiger partial charge in [0.15, 0.2) is 11.5 Å². The average Bonchev–Trinajstić information content (AvgIpc) is 3.19. The molecular weight excluding hydrogens is 360 g/mol. The van der Waals surface area contributed by atoms with Gasteiger partial charge in [0.05, 0.1) is 14.2 Å². The molecule has 1 saturated heterocycles. The summed E-state index contributed by atoms with van der Waals surface area (Å²) >= 11 is 0. The molecule has 4 nitrogen and oxygen atoms in total. The first kappa shape index (κ1) is 19.2. The number of aryl methyl sites for hydroxylation is 2. The molecule has 0 amide bonds. The van der Waals surface area contributed by atoms with E-state index in [1.54, 1.807) is 14.2 Å². The number of anilines is 2. The highest BCUT2D eigenvalue weighted by atomic mass is 16.5. The first-order valence-electron chi connectivity index (χ1n) is 9.99. The van der Waals surface area contributed by atoms with E-state index >= 15 is 0 Å². The van der Waals surface area contributed by atoms with Crippen molar-refractivity contribution >= 4 is 11.4 Å². The third-order valence-corrected chi connectivity index (χ3v) is 5.61. The smallest absolute Gasteiger partial charge is 0.161 e. The van der Waals surface area contributed by atoms with E-state index in [0.29, 0.717) is 0 Å². The standard InChI is InChI=1S/C25H28N2O2/c1-18-5-10-21(11-6-18)26-15-16-27(22-12-7-19(2)8-13-22)25(26)20-9-14-23(28-3)24(17-20)29-4/h5-14,17,25H,15-16H2,1-4H3. The largest absolute Gasteiger partial charge is 0.493 e. The van der Waals surface area contributed by atoms with Crippen molar-refractivity contribution in [2.75, 3.05) is 37.1 Å². The van der Waals surface area contributed by atoms with Gasteiger partial charge in [0, 0.05) is 24.5 Å². The van der Waals surface area contributed by atoms with Gasteiger partial charge in [-0.3, -0.25) is 0 Å². The van der Waals surface area contributed by atoms with Crippen LogP contribution in [-0.4, -0.2) is 27.3 Å². The first-order chi connectivity index (χ1) is 14.1. The maximum atomic E-state index is 5.59. The van der Waals surface area contributed by atoms with Crippen LogP contribution < -0.4 is 19.3 Å². The highest BCUT2D eigenvalue weighted by molar-refractivity contribution is 5.60. The van der Waals surface area contributed by atoms with Crippen LogP contribution in [0.15, 0.2) is 66.7 Å². The van der Waals surface area contributed by atoms with Crippen LogP contribution in [0, 0.1) is 13.8 Å². The Morgan fingerprint density at radius 3 is 1.59 bits per heavy atom. The zero-order valence-corrected chi connectivity index (χ0v) is 17.6. The lowest BCUT2D eigenvalue weighted by atomic mass is 10.1. The summed E-state index contributed by atoms with van der Waals surface area (Å²) in [5.74, 6) is 1.50. The summed E-state index contributed by atoms with van der Waals surface area (Å²) < 4.78 is 11.0. The van der Waals surface area contributed by atoms with Crippen LogP contribution in [-0.2, 0) is 0 Å². The van der Waals surface area contributed by atoms with Crippen molar-refractivity contribution in [3.8, 4) is 11.5 Å². The van der Waals surface area contributed by atoms with Crippen molar-refractivity contribution in [1.82, 2.24) is 0 Å². The minimum atomic E-state index is 0.0835. The second kappa shape index (κ2) is 8.08. The lowest BCUT2D eigenvalue weighted by Gasteiger charge is -2.33. The summed E-state index contributed by atoms with van der Waals surface area (Å²) in [6, 6.07) is 23.8. The highest BCUT2D eigenvalue weighted by Crippen LogP contribution is 2.40. The van der Waals surface area contributed by atoms with E-state index in [1.165, 1.54) is 28.1 Å². The second-order valence-electron chi connectivity index (χ2n) is 7.55. The zero-order chi connectivity index (χ0) is 20.4. The molecule has 3 aromatic rings. The van der Waals surface area contributed by atoms with E-state index in [-0.39, 0.29) is 6.17 Å². The van der Waals surface area contributed by atoms with Gasteiger partial charge >= 0.3 is 0 Å². The monoisotopic (exact) mass is 388 g/mol. The van der Waals surface area contributed by atoms with Crippen LogP contribution in [0.4, 0.5) is 11.4 Å². The Kier molecular flexibility index (Phi) is 5.34. The molecule has 3 aromatic carbocycles. The van der Waals surface area contributed by atoms with Gasteiger partial charge < -0.3 is 19.3 Å². The van der Waals surface area contributed by atoms with Crippen LogP contribution in [0.3, 0.4) is 0 Å². The molecule has 1 aliphatic heterocycles. The fraction of sp³-hybridized carbons (Fsp3) is 0.280. The molecule has 0 aliphatic carbocycles. The Morgan fingerprint density at radius 2 is 1.14 bits per heavy atom. The maximum absolute atomic E-state index is 5.59. The van der Waals surface area contributed by atoms with E-state index in [1.807, 2.05) is 6.07 Å². The van der Waals surface area contributed by atoms with Crippen molar-refractivity contribution in [1.29, 1.82) is 0 Å². The summed E-state index contributed by atoms with van der Waals surface area (Å²) in [6.45, 7) is 6.16. The number of methoxy groups -OCH3 is 2. The van der Waals surface area contributed by atoms with Gasteiger partial charge in [0.2, 0.25) is 0 Å². The molecule has 0 saturated carbocycles. The summed E-state index contributed by atoms with van der Waals surface area (Å²) in [5.41, 5.74) is 6.17. The third kappa shape index (κ3) is 3.75. The van der Waals surface area contributed by atoms with Crippen LogP contribution in [0.1, 0.15) is 22.9 Å². The number of ether oxygens (including phenoxy) is 2. The van der Waals surface area contributed by atoms with Gasteiger partial charge in [-0.1, -0.05) is 41.5 Å². The molecule has 150 valence electrons. The fourth-order valence-electron chi connectivity index (χ4n) is 4.01. The number of rotatable bonds is 5. The number of hydrogen-bond acceptors (Lipinski definition) is 4. The van der Waals surface area contributed by atoms with Crippen molar-refractivity contribution < 1.29 is 9.47 Å². The Labute approximate surface area is 173 Å². The predicted molar refractivity (Wildman–Crippen MR) is 119 cm³/mol. The molecule has 0 bridgehead atoms. The number of hydrogen-bond donors (Lipinski definition) is 0. The lowest BCUT2D eigenvalue weighted by Crippen LogP contribution is -2.31. The molecular formula is C25H28N2O2. The molecule has 0 N–H and O–H groups in total. The molecule has 0 atom stereocenters. The summed E-state index contributed by atoms with van der Waals surface area (Å²) in [5, 5.41) is 0. The van der Waals surface area contributed by atoms with E-state index < -0.39 is 0 Å². The van der Waals surface area contributed by atoms with E-state index in [9.17, 15) is 0 Å². The number of nitrogens with zero attached hydrogens (tertiary/aromatic N) is 2. The molecule has 0 aromatic heterocycles. The Hall–Kier alpha value is -3.14. The summed E-state index contributed by atoms with van der Waals surface area (Å²) in [6.07, 6.45) is 0.0835. The van der Waals surface area contributed by atoms with E-state index in [2.05, 4.69) is 84.3 Å². The zero-order valence-electron chi connectivity index (χ0n) is 17.6. The van der Waals surface area contributed by atoms with E-state index in [4.69, 9.17) is 9.47 Å². The Bertz CT molecular complexity index is 914. The van der Waals surface area contributed by atoms with Gasteiger partial charge in [0.25, 0.3) is 0 Å². The van der Waals surface area contributed by atoms with Gasteiger partial charge in [0.1, 0.15) is 6.17 Å². The topological polar surface area (TPSA) is 24.9 Å². The van der Waals surface area contributed by atoms with Crippen LogP contribution in [0.2, 0.25) is 0 Å². The molecule has 0 spiro atoms. The third-order valence-electron chi connectivity index (χ3n) is 5.61. The normalized spacial score (nSPS) is 14.3. The molecule has 4 heteroatoms. The second-order valence-corrected chi connectivity index (χ2v) is 7.55. The predicted octanol–water partition coefficient (Wildman–Crippen LogP) is 5.35. The van der Waals surface area contributed by atoms with Crippen molar-refractivity contribution in [2.45, 2.75) is 20.0 Å². The Morgan fingerprint density at radius 1 is 0.655 bits per heavy atom. The van der Waals surface area contributed by atoms with Gasteiger partial charge in [-0.25, -0.2) is 0 Å². The minimum absolute atomic E-state index is 0.0835. The van der Waals surface area contributed by atoms with Crippen molar-refractivity contribution in [3.05, 3.63) is 83.4 Å². The molecule has 1 heterocycles. The maximum Gasteiger partial charge on any atom is 0.161 e. The quantitative estimate of drug-likeness (QED) is 0.588. The Balaban J connectivity index is 1.79. The number of benzene rings is 3. The van der Waals surface area contributed by atoms with Crippen LogP contribution >= 0.6 is 0 Å². The lowest BCUT2D eigenvalue weighted by molar-refractivity contribution is 0.354. The SMILES string of the molecule is COc1ccc(C2N(c3ccc(C)cc3)CCN2c2ccc(C)cc2)cc1OC. The van der Waals surface area contributed by atoms with Crippen LogP contribution in [0.25, 0.3) is 0 Å². The van der Waals surface area contributed by atoms with Crippen LogP contribution in [0.5, 0.6) is 11.5 Å². The molecule has 0 unspecified atom stereocenters. The van der Waals surface area contributed by atoms with Gasteiger partial charge in [-0.15, -0.1) is 0 Å². The minimum Gasteiger partial charge on any atom is -0.493 e. The molecule has 1 aliphatic rings. The molecule has 29 heavy (non-hydrogen) atoms. The highest BCUT2D eigenvalue weighted by Gasteiger charge is 2.34. The average molecular weight is 389 g/mol. The van der Waals surface area contributed by atoms with E-state index in [0.717, 1.165) is 24.6 Å². The summed E-state index contributed by atoms with van der Waals surface area (Å²) in [4.78, 5) is 4.92. The molecule has 4 rings (SSSR count). The van der Waals surface area contributed by atoms with Gasteiger partial charge in [-0.2, -0.15) is 0 Å². The van der Waals surface area contributed by atoms with Crippen molar-refractivity contribution in [3.63, 3.8) is 0 Å².